The van der Waals surface area contributed by atoms with Crippen molar-refractivity contribution in [2.24, 2.45) is 0 Å². The van der Waals surface area contributed by atoms with E-state index in [-0.39, 0.29) is 11.5 Å². The number of nitrogens with one attached hydrogen (secondary N) is 1. The SMILES string of the molecule is CCCn1c(SC(C)C(=O)Nc2cc(OC)cc(OC)c2)nc2sc3c(c2c1=O)CCC3. The molecule has 1 aromatic carbocycles. The zero-order valence-corrected chi connectivity index (χ0v) is 20.3. The molecule has 32 heavy (non-hydrogen) atoms. The van der Waals surface area contributed by atoms with Crippen LogP contribution in [-0.2, 0) is 24.2 Å². The molecule has 1 aliphatic carbocycles. The maximum absolute atomic E-state index is 13.3. The molecule has 2 aromatic heterocycles. The number of hydrogen-bond donors (Lipinski definition) is 1. The minimum absolute atomic E-state index is 0.0175. The Morgan fingerprint density at radius 2 is 1.97 bits per heavy atom. The lowest BCUT2D eigenvalue weighted by Gasteiger charge is -2.16. The van der Waals surface area contributed by atoms with Crippen LogP contribution in [0.3, 0.4) is 0 Å². The molecule has 3 aromatic rings. The molecule has 1 unspecified atom stereocenters. The third-order valence-corrected chi connectivity index (χ3v) is 7.78. The summed E-state index contributed by atoms with van der Waals surface area (Å²) in [7, 11) is 3.13. The summed E-state index contributed by atoms with van der Waals surface area (Å²) in [5.74, 6) is 1.00. The zero-order chi connectivity index (χ0) is 22.8. The number of rotatable bonds is 8. The highest BCUT2D eigenvalue weighted by Crippen LogP contribution is 2.36. The average molecular weight is 474 g/mol. The smallest absolute Gasteiger partial charge is 0.263 e. The fourth-order valence-electron chi connectivity index (χ4n) is 3.90. The van der Waals surface area contributed by atoms with E-state index >= 15 is 0 Å². The van der Waals surface area contributed by atoms with Crippen LogP contribution >= 0.6 is 23.1 Å². The van der Waals surface area contributed by atoms with Crippen LogP contribution in [0.5, 0.6) is 11.5 Å². The van der Waals surface area contributed by atoms with Crippen molar-refractivity contribution < 1.29 is 14.3 Å². The molecule has 1 amide bonds. The van der Waals surface area contributed by atoms with Crippen molar-refractivity contribution in [1.82, 2.24) is 9.55 Å². The number of benzene rings is 1. The van der Waals surface area contributed by atoms with E-state index in [9.17, 15) is 9.59 Å². The molecule has 0 fully saturated rings. The third kappa shape index (κ3) is 4.36. The van der Waals surface area contributed by atoms with Crippen molar-refractivity contribution in [3.05, 3.63) is 39.0 Å². The van der Waals surface area contributed by atoms with Gasteiger partial charge in [0.05, 0.1) is 24.9 Å². The molecular weight excluding hydrogens is 446 g/mol. The van der Waals surface area contributed by atoms with E-state index in [2.05, 4.69) is 5.32 Å². The summed E-state index contributed by atoms with van der Waals surface area (Å²) in [4.78, 5) is 33.2. The predicted molar refractivity (Wildman–Crippen MR) is 130 cm³/mol. The number of anilines is 1. The molecule has 9 heteroatoms. The summed E-state index contributed by atoms with van der Waals surface area (Å²) < 4.78 is 12.3. The highest BCUT2D eigenvalue weighted by atomic mass is 32.2. The van der Waals surface area contributed by atoms with Crippen molar-refractivity contribution in [3.63, 3.8) is 0 Å². The first-order valence-electron chi connectivity index (χ1n) is 10.7. The van der Waals surface area contributed by atoms with E-state index in [0.29, 0.717) is 28.9 Å². The van der Waals surface area contributed by atoms with Gasteiger partial charge in [0.25, 0.3) is 5.56 Å². The quantitative estimate of drug-likeness (QED) is 0.383. The maximum Gasteiger partial charge on any atom is 0.263 e. The summed E-state index contributed by atoms with van der Waals surface area (Å²) >= 11 is 2.93. The fraction of sp³-hybridized carbons (Fsp3) is 0.435. The molecule has 4 rings (SSSR count). The number of hydrogen-bond acceptors (Lipinski definition) is 7. The Hall–Kier alpha value is -2.52. The lowest BCUT2D eigenvalue weighted by molar-refractivity contribution is -0.115. The first-order valence-corrected chi connectivity index (χ1v) is 12.4. The summed E-state index contributed by atoms with van der Waals surface area (Å²) in [5, 5.41) is 3.83. The number of aromatic nitrogens is 2. The minimum atomic E-state index is -0.452. The second-order valence-electron chi connectivity index (χ2n) is 7.74. The van der Waals surface area contributed by atoms with E-state index < -0.39 is 5.25 Å². The largest absolute Gasteiger partial charge is 0.497 e. The third-order valence-electron chi connectivity index (χ3n) is 5.51. The summed E-state index contributed by atoms with van der Waals surface area (Å²) in [5.41, 5.74) is 1.79. The van der Waals surface area contributed by atoms with Gasteiger partial charge in [0.15, 0.2) is 5.16 Å². The van der Waals surface area contributed by atoms with Crippen LogP contribution in [0.2, 0.25) is 0 Å². The molecule has 0 bridgehead atoms. The van der Waals surface area contributed by atoms with Crippen molar-refractivity contribution in [3.8, 4) is 11.5 Å². The number of thioether (sulfide) groups is 1. The Bertz CT molecular complexity index is 1200. The summed E-state index contributed by atoms with van der Waals surface area (Å²) in [6.45, 7) is 4.43. The highest BCUT2D eigenvalue weighted by Gasteiger charge is 2.25. The Balaban J connectivity index is 1.60. The van der Waals surface area contributed by atoms with Gasteiger partial charge in [-0.05, 0) is 38.2 Å². The molecule has 1 N–H and O–H groups in total. The predicted octanol–water partition coefficient (Wildman–Crippen LogP) is 4.49. The van der Waals surface area contributed by atoms with Crippen LogP contribution in [0.4, 0.5) is 5.69 Å². The molecule has 0 saturated heterocycles. The van der Waals surface area contributed by atoms with Crippen molar-refractivity contribution in [2.45, 2.75) is 56.5 Å². The molecule has 1 aliphatic rings. The lowest BCUT2D eigenvalue weighted by Crippen LogP contribution is -2.27. The first-order chi connectivity index (χ1) is 15.4. The topological polar surface area (TPSA) is 82.5 Å². The second-order valence-corrected chi connectivity index (χ2v) is 10.1. The Kier molecular flexibility index (Phi) is 6.76. The van der Waals surface area contributed by atoms with Crippen LogP contribution in [0.15, 0.2) is 28.2 Å². The van der Waals surface area contributed by atoms with Crippen molar-refractivity contribution in [2.75, 3.05) is 19.5 Å². The molecular formula is C23H27N3O4S2. The monoisotopic (exact) mass is 473 g/mol. The van der Waals surface area contributed by atoms with Crippen LogP contribution in [-0.4, -0.2) is 34.9 Å². The summed E-state index contributed by atoms with van der Waals surface area (Å²) in [6.07, 6.45) is 3.90. The van der Waals surface area contributed by atoms with Crippen LogP contribution in [0.1, 0.15) is 37.1 Å². The molecule has 7 nitrogen and oxygen atoms in total. The van der Waals surface area contributed by atoms with E-state index in [1.54, 1.807) is 48.3 Å². The molecule has 1 atom stereocenters. The second kappa shape index (κ2) is 9.54. The zero-order valence-electron chi connectivity index (χ0n) is 18.7. The van der Waals surface area contributed by atoms with Gasteiger partial charge in [0.1, 0.15) is 16.3 Å². The van der Waals surface area contributed by atoms with E-state index in [0.717, 1.165) is 35.9 Å². The van der Waals surface area contributed by atoms with E-state index in [1.807, 2.05) is 13.8 Å². The number of nitrogens with zero attached hydrogens (tertiary/aromatic N) is 2. The number of amides is 1. The number of thiophene rings is 1. The molecule has 0 radical (unpaired) electrons. The normalized spacial score (nSPS) is 13.8. The molecule has 170 valence electrons. The number of methoxy groups -OCH3 is 2. The highest BCUT2D eigenvalue weighted by molar-refractivity contribution is 8.00. The van der Waals surface area contributed by atoms with Crippen LogP contribution < -0.4 is 20.3 Å². The average Bonchev–Trinajstić information content (AvgIpc) is 3.36. The number of carbonyl (C=O) groups is 1. The van der Waals surface area contributed by atoms with Crippen LogP contribution in [0.25, 0.3) is 10.2 Å². The van der Waals surface area contributed by atoms with Gasteiger partial charge in [-0.3, -0.25) is 14.2 Å². The van der Waals surface area contributed by atoms with Gasteiger partial charge in [-0.15, -0.1) is 11.3 Å². The fourth-order valence-corrected chi connectivity index (χ4v) is 6.14. The van der Waals surface area contributed by atoms with Gasteiger partial charge in [0, 0.05) is 35.3 Å². The van der Waals surface area contributed by atoms with Gasteiger partial charge >= 0.3 is 0 Å². The van der Waals surface area contributed by atoms with Gasteiger partial charge < -0.3 is 14.8 Å². The number of ether oxygens (including phenoxy) is 2. The minimum Gasteiger partial charge on any atom is -0.497 e. The van der Waals surface area contributed by atoms with Gasteiger partial charge in [-0.1, -0.05) is 18.7 Å². The molecule has 2 heterocycles. The van der Waals surface area contributed by atoms with Gasteiger partial charge in [-0.25, -0.2) is 4.98 Å². The molecule has 0 saturated carbocycles. The molecule has 0 aliphatic heterocycles. The molecule has 0 spiro atoms. The lowest BCUT2D eigenvalue weighted by atomic mass is 10.2. The van der Waals surface area contributed by atoms with Crippen molar-refractivity contribution >= 4 is 44.9 Å². The van der Waals surface area contributed by atoms with Crippen LogP contribution in [0, 0.1) is 0 Å². The maximum atomic E-state index is 13.3. The van der Waals surface area contributed by atoms with E-state index in [4.69, 9.17) is 14.5 Å². The number of aryl methyl sites for hydroxylation is 2. The summed E-state index contributed by atoms with van der Waals surface area (Å²) in [6, 6.07) is 5.22. The van der Waals surface area contributed by atoms with E-state index in [1.165, 1.54) is 22.2 Å². The Morgan fingerprint density at radius 1 is 1.25 bits per heavy atom. The standard InChI is InChI=1S/C23H27N3O4S2/c1-5-9-26-22(28)19-17-7-6-8-18(17)32-21(19)25-23(26)31-13(2)20(27)24-14-10-15(29-3)12-16(11-14)30-4/h10-13H,5-9H2,1-4H3,(H,24,27). The first kappa shape index (κ1) is 22.7. The Labute approximate surface area is 195 Å². The Morgan fingerprint density at radius 3 is 2.62 bits per heavy atom. The van der Waals surface area contributed by atoms with Crippen molar-refractivity contribution in [1.29, 1.82) is 0 Å². The number of fused-ring (bicyclic) bond motifs is 3. The number of carbonyl (C=O) groups excluding carboxylic acids is 1. The van der Waals surface area contributed by atoms with Gasteiger partial charge in [0.2, 0.25) is 5.91 Å². The van der Waals surface area contributed by atoms with Gasteiger partial charge in [-0.2, -0.15) is 0 Å².